The fourth-order valence-corrected chi connectivity index (χ4v) is 9.51. The Morgan fingerprint density at radius 1 is 1.09 bits per heavy atom. The lowest BCUT2D eigenvalue weighted by molar-refractivity contribution is -0.134. The number of aliphatic hydroxyl groups excluding tert-OH is 2. The Labute approximate surface area is 201 Å². The highest BCUT2D eigenvalue weighted by Gasteiger charge is 2.59. The maximum absolute atomic E-state index is 12.8. The molecule has 3 saturated carbocycles. The Hall–Kier alpha value is -0.870. The van der Waals surface area contributed by atoms with Crippen LogP contribution in [0.25, 0.3) is 0 Å². The Morgan fingerprint density at radius 3 is 2.70 bits per heavy atom. The van der Waals surface area contributed by atoms with Gasteiger partial charge in [-0.15, -0.1) is 0 Å². The van der Waals surface area contributed by atoms with E-state index in [0.29, 0.717) is 29.7 Å². The average molecular weight is 458 g/mol. The molecule has 5 aliphatic rings. The van der Waals surface area contributed by atoms with Crippen LogP contribution < -0.4 is 0 Å². The van der Waals surface area contributed by atoms with Crippen LogP contribution in [0.3, 0.4) is 0 Å². The molecule has 4 fully saturated rings. The van der Waals surface area contributed by atoms with Crippen LogP contribution in [0, 0.1) is 40.4 Å². The molecule has 1 aliphatic heterocycles. The second-order valence-corrected chi connectivity index (χ2v) is 13.0. The first-order valence-electron chi connectivity index (χ1n) is 14.1. The second kappa shape index (κ2) is 8.97. The SMILES string of the molecule is CC(CCC(=O)N1CCC[C@@H](O)C1)[C@H]1CC[C@H]2[C@@H]3CC=C4C[C@@H](O)CC[C@]4(C)[C@H]3CC[C@]12C. The van der Waals surface area contributed by atoms with E-state index >= 15 is 0 Å². The normalized spacial score (nSPS) is 46.1. The summed E-state index contributed by atoms with van der Waals surface area (Å²) in [5, 5.41) is 20.2. The quantitative estimate of drug-likeness (QED) is 0.561. The number of allylic oxidation sites excluding steroid dienone is 1. The molecule has 4 heteroatoms. The molecule has 186 valence electrons. The minimum Gasteiger partial charge on any atom is -0.393 e. The van der Waals surface area contributed by atoms with Crippen molar-refractivity contribution < 1.29 is 15.0 Å². The molecule has 5 rings (SSSR count). The van der Waals surface area contributed by atoms with E-state index in [4.69, 9.17) is 0 Å². The molecule has 1 amide bonds. The Balaban J connectivity index is 1.24. The zero-order chi connectivity index (χ0) is 23.4. The highest BCUT2D eigenvalue weighted by Crippen LogP contribution is 2.67. The van der Waals surface area contributed by atoms with E-state index in [0.717, 1.165) is 68.7 Å². The lowest BCUT2D eigenvalue weighted by Gasteiger charge is -2.58. The number of fused-ring (bicyclic) bond motifs is 5. The molecule has 9 atom stereocenters. The summed E-state index contributed by atoms with van der Waals surface area (Å²) in [6.07, 6.45) is 15.1. The molecular weight excluding hydrogens is 410 g/mol. The molecule has 1 unspecified atom stereocenters. The van der Waals surface area contributed by atoms with Crippen molar-refractivity contribution >= 4 is 5.91 Å². The monoisotopic (exact) mass is 457 g/mol. The average Bonchev–Trinajstić information content (AvgIpc) is 3.15. The van der Waals surface area contributed by atoms with Gasteiger partial charge in [-0.25, -0.2) is 0 Å². The number of amides is 1. The first kappa shape index (κ1) is 23.9. The molecular formula is C29H47NO3. The summed E-state index contributed by atoms with van der Waals surface area (Å²) >= 11 is 0. The molecule has 4 nitrogen and oxygen atoms in total. The van der Waals surface area contributed by atoms with E-state index < -0.39 is 0 Å². The third-order valence-electron chi connectivity index (χ3n) is 11.4. The lowest BCUT2D eigenvalue weighted by Crippen LogP contribution is -2.50. The fourth-order valence-electron chi connectivity index (χ4n) is 9.51. The van der Waals surface area contributed by atoms with Gasteiger partial charge in [0.25, 0.3) is 0 Å². The summed E-state index contributed by atoms with van der Waals surface area (Å²) in [6, 6.07) is 0. The van der Waals surface area contributed by atoms with Crippen LogP contribution in [0.5, 0.6) is 0 Å². The van der Waals surface area contributed by atoms with Gasteiger partial charge in [0.1, 0.15) is 0 Å². The summed E-state index contributed by atoms with van der Waals surface area (Å²) in [5.74, 6) is 3.99. The van der Waals surface area contributed by atoms with E-state index in [1.54, 1.807) is 5.57 Å². The third kappa shape index (κ3) is 4.11. The largest absolute Gasteiger partial charge is 0.393 e. The number of piperidine rings is 1. The van der Waals surface area contributed by atoms with Crippen molar-refractivity contribution in [1.29, 1.82) is 0 Å². The van der Waals surface area contributed by atoms with Crippen LogP contribution in [0.1, 0.15) is 97.8 Å². The third-order valence-corrected chi connectivity index (χ3v) is 11.4. The predicted octanol–water partition coefficient (Wildman–Crippen LogP) is 5.33. The van der Waals surface area contributed by atoms with Crippen molar-refractivity contribution in [3.05, 3.63) is 11.6 Å². The molecule has 1 heterocycles. The molecule has 0 aromatic heterocycles. The predicted molar refractivity (Wildman–Crippen MR) is 131 cm³/mol. The summed E-state index contributed by atoms with van der Waals surface area (Å²) in [7, 11) is 0. The van der Waals surface area contributed by atoms with Gasteiger partial charge in [0.05, 0.1) is 12.2 Å². The van der Waals surface area contributed by atoms with Gasteiger partial charge in [-0.3, -0.25) is 4.79 Å². The van der Waals surface area contributed by atoms with Crippen molar-refractivity contribution in [1.82, 2.24) is 4.90 Å². The second-order valence-electron chi connectivity index (χ2n) is 13.0. The smallest absolute Gasteiger partial charge is 0.222 e. The van der Waals surface area contributed by atoms with Crippen LogP contribution in [0.2, 0.25) is 0 Å². The zero-order valence-corrected chi connectivity index (χ0v) is 21.3. The fraction of sp³-hybridized carbons (Fsp3) is 0.897. The number of β-amino-alcohol motifs (C(OH)–C–C–N with tert-alkyl or cyclic N) is 1. The van der Waals surface area contributed by atoms with Gasteiger partial charge in [-0.2, -0.15) is 0 Å². The molecule has 2 N–H and O–H groups in total. The number of nitrogens with zero attached hydrogens (tertiary/aromatic N) is 1. The topological polar surface area (TPSA) is 60.8 Å². The van der Waals surface area contributed by atoms with Crippen LogP contribution >= 0.6 is 0 Å². The number of hydrogen-bond acceptors (Lipinski definition) is 3. The maximum Gasteiger partial charge on any atom is 0.222 e. The van der Waals surface area contributed by atoms with E-state index in [2.05, 4.69) is 26.8 Å². The Morgan fingerprint density at radius 2 is 1.91 bits per heavy atom. The minimum absolute atomic E-state index is 0.123. The molecule has 33 heavy (non-hydrogen) atoms. The Kier molecular flexibility index (Phi) is 6.48. The van der Waals surface area contributed by atoms with Gasteiger partial charge in [-0.1, -0.05) is 32.4 Å². The van der Waals surface area contributed by atoms with Crippen molar-refractivity contribution in [3.63, 3.8) is 0 Å². The first-order valence-corrected chi connectivity index (χ1v) is 14.1. The van der Waals surface area contributed by atoms with Gasteiger partial charge < -0.3 is 15.1 Å². The minimum atomic E-state index is -0.329. The van der Waals surface area contributed by atoms with Gasteiger partial charge in [-0.05, 0) is 111 Å². The van der Waals surface area contributed by atoms with Crippen molar-refractivity contribution in [2.75, 3.05) is 13.1 Å². The number of carbonyl (C=O) groups excluding carboxylic acids is 1. The summed E-state index contributed by atoms with van der Waals surface area (Å²) < 4.78 is 0. The lowest BCUT2D eigenvalue weighted by atomic mass is 9.47. The number of rotatable bonds is 4. The maximum atomic E-state index is 12.8. The highest BCUT2D eigenvalue weighted by molar-refractivity contribution is 5.76. The van der Waals surface area contributed by atoms with E-state index in [9.17, 15) is 15.0 Å². The van der Waals surface area contributed by atoms with E-state index in [-0.39, 0.29) is 18.1 Å². The summed E-state index contributed by atoms with van der Waals surface area (Å²) in [6.45, 7) is 8.87. The van der Waals surface area contributed by atoms with Crippen molar-refractivity contribution in [3.8, 4) is 0 Å². The molecule has 1 saturated heterocycles. The van der Waals surface area contributed by atoms with Crippen molar-refractivity contribution in [2.45, 2.75) is 110 Å². The standard InChI is InChI=1S/C29H47NO3/c1-19(6-11-27(33)30-16-4-5-22(32)18-30)24-9-10-25-23-8-7-20-17-21(31)12-14-28(20,2)26(23)13-15-29(24,25)3/h7,19,21-26,31-32H,4-6,8-18H2,1-3H3/t19?,21-,22+,23-,24+,25-,26-,28-,29+/m0/s1. The van der Waals surface area contributed by atoms with E-state index in [1.807, 2.05) is 4.90 Å². The molecule has 0 bridgehead atoms. The molecule has 0 radical (unpaired) electrons. The zero-order valence-electron chi connectivity index (χ0n) is 21.3. The van der Waals surface area contributed by atoms with Crippen molar-refractivity contribution in [2.24, 2.45) is 40.4 Å². The first-order chi connectivity index (χ1) is 15.7. The van der Waals surface area contributed by atoms with Crippen LogP contribution in [0.4, 0.5) is 0 Å². The van der Waals surface area contributed by atoms with Crippen LogP contribution in [-0.4, -0.2) is 46.3 Å². The van der Waals surface area contributed by atoms with Crippen LogP contribution in [0.15, 0.2) is 11.6 Å². The summed E-state index contributed by atoms with van der Waals surface area (Å²) in [5.41, 5.74) is 2.30. The number of hydrogen-bond donors (Lipinski definition) is 2. The van der Waals surface area contributed by atoms with Gasteiger partial charge in [0.2, 0.25) is 5.91 Å². The van der Waals surface area contributed by atoms with E-state index in [1.165, 1.54) is 32.1 Å². The Bertz CT molecular complexity index is 779. The van der Waals surface area contributed by atoms with Gasteiger partial charge >= 0.3 is 0 Å². The van der Waals surface area contributed by atoms with Crippen LogP contribution in [-0.2, 0) is 4.79 Å². The van der Waals surface area contributed by atoms with Gasteiger partial charge in [0, 0.05) is 19.5 Å². The highest BCUT2D eigenvalue weighted by atomic mass is 16.3. The number of aliphatic hydroxyl groups is 2. The molecule has 0 aromatic carbocycles. The number of carbonyl (C=O) groups is 1. The molecule has 4 aliphatic carbocycles. The number of likely N-dealkylation sites (tertiary alicyclic amines) is 1. The summed E-state index contributed by atoms with van der Waals surface area (Å²) in [4.78, 5) is 14.7. The molecule has 0 aromatic rings. The van der Waals surface area contributed by atoms with Gasteiger partial charge in [0.15, 0.2) is 0 Å². The molecule has 0 spiro atoms.